The Morgan fingerprint density at radius 2 is 2.05 bits per heavy atom. The Balaban J connectivity index is 1.80. The summed E-state index contributed by atoms with van der Waals surface area (Å²) in [5.74, 6) is 1.21. The van der Waals surface area contributed by atoms with Crippen molar-refractivity contribution in [3.8, 4) is 11.4 Å². The molecule has 6 heteroatoms. The minimum absolute atomic E-state index is 0.300. The summed E-state index contributed by atoms with van der Waals surface area (Å²) in [7, 11) is 1.64. The first kappa shape index (κ1) is 14.6. The van der Waals surface area contributed by atoms with Crippen LogP contribution < -0.4 is 4.74 Å². The van der Waals surface area contributed by atoms with Crippen molar-refractivity contribution in [1.29, 1.82) is 0 Å². The van der Waals surface area contributed by atoms with Crippen molar-refractivity contribution in [1.82, 2.24) is 14.8 Å². The molecule has 0 fully saturated rings. The van der Waals surface area contributed by atoms with E-state index in [2.05, 4.69) is 10.2 Å². The van der Waals surface area contributed by atoms with Gasteiger partial charge in [-0.15, -0.1) is 10.2 Å². The fourth-order valence-corrected chi connectivity index (χ4v) is 2.91. The van der Waals surface area contributed by atoms with Gasteiger partial charge in [0.05, 0.1) is 12.8 Å². The molecule has 3 rings (SSSR count). The number of para-hydroxylation sites is 1. The smallest absolute Gasteiger partial charge is 0.196 e. The first-order chi connectivity index (χ1) is 10.8. The van der Waals surface area contributed by atoms with Gasteiger partial charge in [0.2, 0.25) is 0 Å². The first-order valence-electron chi connectivity index (χ1n) is 6.68. The molecule has 0 unspecified atom stereocenters. The molecule has 0 saturated carbocycles. The maximum atomic E-state index is 13.9. The lowest BCUT2D eigenvalue weighted by atomic mass is 10.2. The molecule has 1 heterocycles. The number of thioether (sulfide) groups is 1. The average Bonchev–Trinajstić information content (AvgIpc) is 3.02. The highest BCUT2D eigenvalue weighted by Gasteiger charge is 2.11. The molecule has 2 aromatic carbocycles. The topological polar surface area (TPSA) is 39.9 Å². The highest BCUT2D eigenvalue weighted by molar-refractivity contribution is 7.98. The van der Waals surface area contributed by atoms with Crippen LogP contribution in [0.1, 0.15) is 5.56 Å². The van der Waals surface area contributed by atoms with Crippen LogP contribution in [-0.2, 0) is 5.75 Å². The van der Waals surface area contributed by atoms with Gasteiger partial charge >= 0.3 is 0 Å². The molecule has 0 aliphatic carbocycles. The van der Waals surface area contributed by atoms with E-state index in [4.69, 9.17) is 4.74 Å². The Kier molecular flexibility index (Phi) is 4.39. The lowest BCUT2D eigenvalue weighted by Crippen LogP contribution is -1.98. The normalized spacial score (nSPS) is 10.6. The molecule has 0 saturated heterocycles. The zero-order valence-electron chi connectivity index (χ0n) is 11.9. The molecule has 22 heavy (non-hydrogen) atoms. The van der Waals surface area contributed by atoms with Gasteiger partial charge in [-0.3, -0.25) is 4.57 Å². The predicted octanol–water partition coefficient (Wildman–Crippen LogP) is 3.71. The largest absolute Gasteiger partial charge is 0.497 e. The molecule has 0 radical (unpaired) electrons. The number of hydrogen-bond donors (Lipinski definition) is 0. The molecule has 0 spiro atoms. The summed E-state index contributed by atoms with van der Waals surface area (Å²) in [5, 5.41) is 8.60. The van der Waals surface area contributed by atoms with Gasteiger partial charge in [-0.25, -0.2) is 4.39 Å². The summed E-state index contributed by atoms with van der Waals surface area (Å²) >= 11 is 1.50. The van der Waals surface area contributed by atoms with Crippen molar-refractivity contribution in [2.45, 2.75) is 10.9 Å². The predicted molar refractivity (Wildman–Crippen MR) is 83.9 cm³/mol. The summed E-state index contributed by atoms with van der Waals surface area (Å²) in [6, 6.07) is 14.4. The summed E-state index contributed by atoms with van der Waals surface area (Å²) in [6.45, 7) is 0. The van der Waals surface area contributed by atoms with Gasteiger partial charge in [-0.2, -0.15) is 0 Å². The Bertz CT molecular complexity index is 775. The van der Waals surface area contributed by atoms with E-state index >= 15 is 0 Å². The Hall–Kier alpha value is -2.34. The molecule has 1 aromatic heterocycles. The van der Waals surface area contributed by atoms with Crippen LogP contribution in [-0.4, -0.2) is 21.9 Å². The van der Waals surface area contributed by atoms with E-state index in [0.717, 1.165) is 11.3 Å². The fourth-order valence-electron chi connectivity index (χ4n) is 2.05. The maximum Gasteiger partial charge on any atom is 0.196 e. The summed E-state index contributed by atoms with van der Waals surface area (Å²) in [4.78, 5) is 0. The van der Waals surface area contributed by atoms with Crippen LogP contribution >= 0.6 is 11.8 Å². The molecular weight excluding hydrogens is 301 g/mol. The minimum atomic E-state index is -0.300. The quantitative estimate of drug-likeness (QED) is 0.673. The molecule has 4 nitrogen and oxygen atoms in total. The van der Waals surface area contributed by atoms with Crippen molar-refractivity contribution in [3.63, 3.8) is 0 Å². The second kappa shape index (κ2) is 6.62. The maximum absolute atomic E-state index is 13.9. The van der Waals surface area contributed by atoms with Crippen molar-refractivity contribution in [2.24, 2.45) is 0 Å². The van der Waals surface area contributed by atoms with Crippen molar-refractivity contribution < 1.29 is 9.13 Å². The van der Waals surface area contributed by atoms with Crippen LogP contribution in [0, 0.1) is 5.82 Å². The molecule has 0 N–H and O–H groups in total. The molecule has 112 valence electrons. The van der Waals surface area contributed by atoms with Gasteiger partial charge in [-0.1, -0.05) is 36.0 Å². The highest BCUT2D eigenvalue weighted by atomic mass is 32.2. The third kappa shape index (κ3) is 3.12. The Morgan fingerprint density at radius 1 is 1.18 bits per heavy atom. The van der Waals surface area contributed by atoms with Crippen LogP contribution in [0.3, 0.4) is 0 Å². The lowest BCUT2D eigenvalue weighted by molar-refractivity contribution is 0.414. The Labute approximate surface area is 132 Å². The van der Waals surface area contributed by atoms with Crippen LogP contribution in [0.4, 0.5) is 4.39 Å². The van der Waals surface area contributed by atoms with Crippen molar-refractivity contribution >= 4 is 11.8 Å². The van der Waals surface area contributed by atoms with E-state index in [9.17, 15) is 4.39 Å². The minimum Gasteiger partial charge on any atom is -0.497 e. The first-order valence-corrected chi connectivity index (χ1v) is 7.67. The number of halogens is 1. The van der Waals surface area contributed by atoms with E-state index < -0.39 is 0 Å². The average molecular weight is 315 g/mol. The molecule has 0 atom stereocenters. The van der Waals surface area contributed by atoms with Gasteiger partial charge in [0.1, 0.15) is 17.9 Å². The van der Waals surface area contributed by atoms with Gasteiger partial charge < -0.3 is 4.74 Å². The summed E-state index contributed by atoms with van der Waals surface area (Å²) in [5.41, 5.74) is 1.55. The van der Waals surface area contributed by atoms with Crippen LogP contribution in [0.2, 0.25) is 0 Å². The molecule has 3 aromatic rings. The third-order valence-electron chi connectivity index (χ3n) is 3.13. The second-order valence-corrected chi connectivity index (χ2v) is 5.52. The van der Waals surface area contributed by atoms with E-state index in [0.29, 0.717) is 16.6 Å². The van der Waals surface area contributed by atoms with Gasteiger partial charge in [0.25, 0.3) is 0 Å². The van der Waals surface area contributed by atoms with Gasteiger partial charge in [0.15, 0.2) is 5.16 Å². The van der Waals surface area contributed by atoms with E-state index in [1.165, 1.54) is 24.2 Å². The molecular formula is C16H14FN3OS. The molecule has 0 aliphatic rings. The van der Waals surface area contributed by atoms with Crippen molar-refractivity contribution in [2.75, 3.05) is 7.11 Å². The number of methoxy groups -OCH3 is 1. The van der Waals surface area contributed by atoms with Crippen LogP contribution in [0.25, 0.3) is 5.69 Å². The Morgan fingerprint density at radius 3 is 2.86 bits per heavy atom. The zero-order chi connectivity index (χ0) is 15.4. The number of rotatable bonds is 5. The van der Waals surface area contributed by atoms with E-state index in [1.807, 2.05) is 24.3 Å². The number of hydrogen-bond acceptors (Lipinski definition) is 4. The standard InChI is InChI=1S/C16H14FN3OS/c1-21-13-6-4-5-12(9-13)10-22-16-19-18-11-20(16)15-8-3-2-7-14(15)17/h2-9,11H,10H2,1H3. The SMILES string of the molecule is COc1cccc(CSc2nncn2-c2ccccc2F)c1. The number of ether oxygens (including phenoxy) is 1. The van der Waals surface area contributed by atoms with E-state index in [1.54, 1.807) is 29.9 Å². The summed E-state index contributed by atoms with van der Waals surface area (Å²) < 4.78 is 20.8. The van der Waals surface area contributed by atoms with E-state index in [-0.39, 0.29) is 5.82 Å². The van der Waals surface area contributed by atoms with Crippen molar-refractivity contribution in [3.05, 3.63) is 66.2 Å². The third-order valence-corrected chi connectivity index (χ3v) is 4.14. The van der Waals surface area contributed by atoms with Crippen LogP contribution in [0.5, 0.6) is 5.75 Å². The van der Waals surface area contributed by atoms with Gasteiger partial charge in [0, 0.05) is 5.75 Å². The second-order valence-electron chi connectivity index (χ2n) is 4.58. The van der Waals surface area contributed by atoms with Gasteiger partial charge in [-0.05, 0) is 29.8 Å². The highest BCUT2D eigenvalue weighted by Crippen LogP contribution is 2.25. The summed E-state index contributed by atoms with van der Waals surface area (Å²) in [6.07, 6.45) is 1.52. The lowest BCUT2D eigenvalue weighted by Gasteiger charge is -2.07. The van der Waals surface area contributed by atoms with Crippen LogP contribution in [0.15, 0.2) is 60.0 Å². The monoisotopic (exact) mass is 315 g/mol. The zero-order valence-corrected chi connectivity index (χ0v) is 12.8. The number of nitrogens with zero attached hydrogens (tertiary/aromatic N) is 3. The number of aromatic nitrogens is 3. The fraction of sp³-hybridized carbons (Fsp3) is 0.125. The molecule has 0 aliphatic heterocycles. The molecule has 0 bridgehead atoms. The molecule has 0 amide bonds. The number of benzene rings is 2.